The zero-order valence-electron chi connectivity index (χ0n) is 13.7. The standard InChI is InChI=1S/C17H20N4O3/c1-20-13(10-15(23)21(2)17(20)24)18-12-8-9-14(22)19-16(12)11-6-4-3-5-7-11/h3-7,10,12,16,18H,8-9H2,1-2H3,(H,19,22)/t12-,16+/m1/s1. The second kappa shape index (κ2) is 6.35. The van der Waals surface area contributed by atoms with Crippen LogP contribution < -0.4 is 21.9 Å². The number of piperidine rings is 1. The highest BCUT2D eigenvalue weighted by Gasteiger charge is 2.30. The van der Waals surface area contributed by atoms with Crippen LogP contribution in [0.1, 0.15) is 24.4 Å². The Morgan fingerprint density at radius 2 is 1.79 bits per heavy atom. The summed E-state index contributed by atoms with van der Waals surface area (Å²) in [7, 11) is 3.06. The number of nitrogens with one attached hydrogen (secondary N) is 2. The SMILES string of the molecule is Cn1c(N[C@@H]2CCC(=O)N[C@H]2c2ccccc2)cc(=O)n(C)c1=O. The predicted molar refractivity (Wildman–Crippen MR) is 90.9 cm³/mol. The summed E-state index contributed by atoms with van der Waals surface area (Å²) in [4.78, 5) is 35.8. The summed E-state index contributed by atoms with van der Waals surface area (Å²) in [5, 5.41) is 6.25. The van der Waals surface area contributed by atoms with E-state index >= 15 is 0 Å². The van der Waals surface area contributed by atoms with E-state index in [9.17, 15) is 14.4 Å². The lowest BCUT2D eigenvalue weighted by molar-refractivity contribution is -0.123. The highest BCUT2D eigenvalue weighted by molar-refractivity contribution is 5.77. The Balaban J connectivity index is 1.94. The van der Waals surface area contributed by atoms with E-state index in [0.29, 0.717) is 18.7 Å². The number of rotatable bonds is 3. The molecule has 1 fully saturated rings. The molecule has 0 saturated carbocycles. The first-order chi connectivity index (χ1) is 11.5. The van der Waals surface area contributed by atoms with E-state index in [1.54, 1.807) is 7.05 Å². The van der Waals surface area contributed by atoms with Crippen molar-refractivity contribution in [2.75, 3.05) is 5.32 Å². The Bertz CT molecular complexity index is 870. The van der Waals surface area contributed by atoms with Gasteiger partial charge in [-0.1, -0.05) is 30.3 Å². The van der Waals surface area contributed by atoms with Crippen molar-refractivity contribution in [3.8, 4) is 0 Å². The van der Waals surface area contributed by atoms with Gasteiger partial charge in [-0.05, 0) is 12.0 Å². The molecule has 0 bridgehead atoms. The largest absolute Gasteiger partial charge is 0.366 e. The Morgan fingerprint density at radius 1 is 1.08 bits per heavy atom. The van der Waals surface area contributed by atoms with Gasteiger partial charge in [0, 0.05) is 26.6 Å². The highest BCUT2D eigenvalue weighted by Crippen LogP contribution is 2.26. The number of carbonyl (C=O) groups excluding carboxylic acids is 1. The van der Waals surface area contributed by atoms with Crippen LogP contribution in [0, 0.1) is 0 Å². The van der Waals surface area contributed by atoms with Gasteiger partial charge in [0.15, 0.2) is 0 Å². The molecule has 0 unspecified atom stereocenters. The van der Waals surface area contributed by atoms with Crippen molar-refractivity contribution in [1.82, 2.24) is 14.5 Å². The van der Waals surface area contributed by atoms with E-state index in [0.717, 1.165) is 10.1 Å². The van der Waals surface area contributed by atoms with Crippen LogP contribution >= 0.6 is 0 Å². The van der Waals surface area contributed by atoms with E-state index in [-0.39, 0.29) is 29.2 Å². The van der Waals surface area contributed by atoms with Crippen LogP contribution in [0.3, 0.4) is 0 Å². The van der Waals surface area contributed by atoms with E-state index in [2.05, 4.69) is 10.6 Å². The first-order valence-corrected chi connectivity index (χ1v) is 7.85. The first kappa shape index (κ1) is 16.0. The van der Waals surface area contributed by atoms with Crippen molar-refractivity contribution in [2.45, 2.75) is 24.9 Å². The van der Waals surface area contributed by atoms with Gasteiger partial charge in [-0.2, -0.15) is 0 Å². The molecule has 24 heavy (non-hydrogen) atoms. The predicted octanol–water partition coefficient (Wildman–Crippen LogP) is 0.516. The van der Waals surface area contributed by atoms with Crippen LogP contribution in [0.4, 0.5) is 5.82 Å². The fourth-order valence-electron chi connectivity index (χ4n) is 2.99. The number of anilines is 1. The number of hydrogen-bond donors (Lipinski definition) is 2. The minimum atomic E-state index is -0.388. The van der Waals surface area contributed by atoms with Gasteiger partial charge in [-0.25, -0.2) is 4.79 Å². The third-order valence-corrected chi connectivity index (χ3v) is 4.42. The average Bonchev–Trinajstić information content (AvgIpc) is 2.60. The van der Waals surface area contributed by atoms with Crippen LogP contribution in [-0.2, 0) is 18.9 Å². The molecule has 126 valence electrons. The van der Waals surface area contributed by atoms with Crippen LogP contribution in [0.2, 0.25) is 0 Å². The van der Waals surface area contributed by atoms with Gasteiger partial charge in [0.1, 0.15) is 5.82 Å². The van der Waals surface area contributed by atoms with Gasteiger partial charge in [-0.3, -0.25) is 18.7 Å². The Labute approximate surface area is 138 Å². The monoisotopic (exact) mass is 328 g/mol. The molecule has 0 radical (unpaired) electrons. The van der Waals surface area contributed by atoms with Crippen molar-refractivity contribution in [3.05, 3.63) is 62.8 Å². The van der Waals surface area contributed by atoms with Crippen LogP contribution in [0.25, 0.3) is 0 Å². The Morgan fingerprint density at radius 3 is 2.50 bits per heavy atom. The smallest absolute Gasteiger partial charge is 0.332 e. The minimum Gasteiger partial charge on any atom is -0.366 e. The molecule has 2 atom stereocenters. The topological polar surface area (TPSA) is 85.1 Å². The molecule has 0 aliphatic carbocycles. The van der Waals surface area contributed by atoms with Gasteiger partial charge in [0.05, 0.1) is 12.1 Å². The summed E-state index contributed by atoms with van der Waals surface area (Å²) < 4.78 is 2.46. The quantitative estimate of drug-likeness (QED) is 0.860. The maximum Gasteiger partial charge on any atom is 0.332 e. The molecule has 1 aliphatic heterocycles. The minimum absolute atomic E-state index is 0.000215. The second-order valence-corrected chi connectivity index (χ2v) is 6.01. The average molecular weight is 328 g/mol. The second-order valence-electron chi connectivity index (χ2n) is 6.01. The zero-order chi connectivity index (χ0) is 17.3. The normalized spacial score (nSPS) is 20.5. The molecule has 1 aromatic heterocycles. The van der Waals surface area contributed by atoms with Crippen molar-refractivity contribution in [1.29, 1.82) is 0 Å². The van der Waals surface area contributed by atoms with Gasteiger partial charge < -0.3 is 10.6 Å². The van der Waals surface area contributed by atoms with Crippen molar-refractivity contribution in [3.63, 3.8) is 0 Å². The molecule has 1 saturated heterocycles. The van der Waals surface area contributed by atoms with E-state index < -0.39 is 0 Å². The van der Waals surface area contributed by atoms with E-state index in [4.69, 9.17) is 0 Å². The van der Waals surface area contributed by atoms with Crippen molar-refractivity contribution in [2.24, 2.45) is 14.1 Å². The maximum atomic E-state index is 12.1. The first-order valence-electron chi connectivity index (χ1n) is 7.85. The summed E-state index contributed by atoms with van der Waals surface area (Å²) in [6, 6.07) is 10.7. The lowest BCUT2D eigenvalue weighted by Gasteiger charge is -2.34. The Hall–Kier alpha value is -2.83. The number of hydrogen-bond acceptors (Lipinski definition) is 4. The summed E-state index contributed by atoms with van der Waals surface area (Å²) >= 11 is 0. The fraction of sp³-hybridized carbons (Fsp3) is 0.353. The molecule has 2 N–H and O–H groups in total. The molecule has 0 spiro atoms. The van der Waals surface area contributed by atoms with Gasteiger partial charge >= 0.3 is 5.69 Å². The molecule has 1 amide bonds. The van der Waals surface area contributed by atoms with E-state index in [1.807, 2.05) is 30.3 Å². The molecular formula is C17H20N4O3. The summed E-state index contributed by atoms with van der Waals surface area (Å²) in [6.45, 7) is 0. The van der Waals surface area contributed by atoms with Gasteiger partial charge in [0.2, 0.25) is 5.91 Å². The lowest BCUT2D eigenvalue weighted by Crippen LogP contribution is -2.46. The number of carbonyl (C=O) groups is 1. The third-order valence-electron chi connectivity index (χ3n) is 4.42. The van der Waals surface area contributed by atoms with Crippen LogP contribution in [0.5, 0.6) is 0 Å². The molecule has 7 heteroatoms. The number of amides is 1. The molecule has 1 aromatic carbocycles. The molecule has 2 aromatic rings. The van der Waals surface area contributed by atoms with Gasteiger partial charge in [0.25, 0.3) is 5.56 Å². The van der Waals surface area contributed by atoms with Crippen LogP contribution in [-0.4, -0.2) is 21.1 Å². The van der Waals surface area contributed by atoms with E-state index in [1.165, 1.54) is 17.7 Å². The molecule has 3 rings (SSSR count). The maximum absolute atomic E-state index is 12.1. The molecule has 7 nitrogen and oxygen atoms in total. The number of aromatic nitrogens is 2. The molecule has 1 aliphatic rings. The van der Waals surface area contributed by atoms with Crippen molar-refractivity contribution >= 4 is 11.7 Å². The summed E-state index contributed by atoms with van der Waals surface area (Å²) in [5.41, 5.74) is 0.231. The third kappa shape index (κ3) is 2.97. The lowest BCUT2D eigenvalue weighted by atomic mass is 9.92. The number of benzene rings is 1. The number of nitrogens with zero attached hydrogens (tertiary/aromatic N) is 2. The summed E-state index contributed by atoms with van der Waals surface area (Å²) in [5.74, 6) is 0.449. The fourth-order valence-corrected chi connectivity index (χ4v) is 2.99. The zero-order valence-corrected chi connectivity index (χ0v) is 13.7. The Kier molecular flexibility index (Phi) is 4.24. The van der Waals surface area contributed by atoms with Crippen molar-refractivity contribution < 1.29 is 4.79 Å². The molecule has 2 heterocycles. The molecular weight excluding hydrogens is 308 g/mol. The van der Waals surface area contributed by atoms with Gasteiger partial charge in [-0.15, -0.1) is 0 Å². The van der Waals surface area contributed by atoms with Crippen LogP contribution in [0.15, 0.2) is 46.0 Å². The summed E-state index contributed by atoms with van der Waals surface area (Å²) in [6.07, 6.45) is 1.02. The highest BCUT2D eigenvalue weighted by atomic mass is 16.2.